The van der Waals surface area contributed by atoms with Crippen LogP contribution in [0.5, 0.6) is 0 Å². The second-order valence-corrected chi connectivity index (χ2v) is 14.4. The van der Waals surface area contributed by atoms with Crippen LogP contribution in [0.4, 0.5) is 0 Å². The maximum atomic E-state index is 12.4. The molecule has 176 valence electrons. The number of esters is 1. The highest BCUT2D eigenvalue weighted by Gasteiger charge is 2.49. The number of ether oxygens (including phenoxy) is 2. The minimum atomic E-state index is -2.25. The predicted octanol–water partition coefficient (Wildman–Crippen LogP) is 3.01. The summed E-state index contributed by atoms with van der Waals surface area (Å²) >= 11 is 0. The number of nitriles is 1. The van der Waals surface area contributed by atoms with E-state index in [9.17, 15) is 19.6 Å². The van der Waals surface area contributed by atoms with Gasteiger partial charge in [-0.15, -0.1) is 0 Å². The first kappa shape index (κ1) is 25.8. The van der Waals surface area contributed by atoms with Crippen molar-refractivity contribution in [3.8, 4) is 6.07 Å². The van der Waals surface area contributed by atoms with Gasteiger partial charge >= 0.3 is 11.7 Å². The first-order chi connectivity index (χ1) is 14.9. The molecule has 32 heavy (non-hydrogen) atoms. The first-order valence-electron chi connectivity index (χ1n) is 10.8. The van der Waals surface area contributed by atoms with E-state index >= 15 is 0 Å². The van der Waals surface area contributed by atoms with Crippen LogP contribution in [0, 0.1) is 11.3 Å². The number of allylic oxidation sites excluding steroid dienone is 1. The summed E-state index contributed by atoms with van der Waals surface area (Å²) in [7, 11) is -2.25. The lowest BCUT2D eigenvalue weighted by Gasteiger charge is -2.42. The molecule has 0 aromatic carbocycles. The Hall–Kier alpha value is -2.48. The molecule has 1 aromatic rings. The van der Waals surface area contributed by atoms with Gasteiger partial charge in [-0.05, 0) is 16.6 Å². The number of carbonyl (C=O) groups is 1. The monoisotopic (exact) mass is 463 g/mol. The van der Waals surface area contributed by atoms with Crippen molar-refractivity contribution < 1.29 is 18.7 Å². The third kappa shape index (κ3) is 5.11. The molecular formula is C22H33N3O6Si. The molecule has 1 fully saturated rings. The van der Waals surface area contributed by atoms with Crippen molar-refractivity contribution in [2.24, 2.45) is 0 Å². The third-order valence-corrected chi connectivity index (χ3v) is 12.2. The summed E-state index contributed by atoms with van der Waals surface area (Å²) in [4.78, 5) is 37.9. The van der Waals surface area contributed by atoms with Crippen LogP contribution < -0.4 is 11.2 Å². The summed E-state index contributed by atoms with van der Waals surface area (Å²) in [5.74, 6) is -0.540. The molecule has 1 N–H and O–H groups in total. The van der Waals surface area contributed by atoms with Crippen LogP contribution in [-0.4, -0.2) is 42.7 Å². The molecule has 0 spiro atoms. The van der Waals surface area contributed by atoms with Gasteiger partial charge in [0.05, 0.1) is 12.7 Å². The Morgan fingerprint density at radius 1 is 1.25 bits per heavy atom. The van der Waals surface area contributed by atoms with Crippen molar-refractivity contribution in [3.05, 3.63) is 44.8 Å². The van der Waals surface area contributed by atoms with E-state index in [1.54, 1.807) is 0 Å². The lowest BCUT2D eigenvalue weighted by Crippen LogP contribution is -2.50. The van der Waals surface area contributed by atoms with Gasteiger partial charge in [0.15, 0.2) is 20.6 Å². The van der Waals surface area contributed by atoms with Gasteiger partial charge in [-0.1, -0.05) is 41.5 Å². The zero-order valence-corrected chi connectivity index (χ0v) is 20.7. The van der Waals surface area contributed by atoms with E-state index < -0.39 is 44.0 Å². The highest BCUT2D eigenvalue weighted by molar-refractivity contribution is 6.77. The number of carbonyl (C=O) groups excluding carboxylic acids is 1. The standard InChI is InChI=1S/C22H33N3O6Si/c1-13(2)32(14(3)4,15(5)6)29-12-18-20(30-16(7)26)17(8-10-23)21(31-18)25-11-9-19(27)24-22(25)28/h8-9,11,13-15,18,20-21H,12H2,1-7H3,(H,24,27,28)/b17-8+/t18-,20+,21-/m1/s1. The summed E-state index contributed by atoms with van der Waals surface area (Å²) < 4.78 is 19.4. The number of aromatic amines is 1. The van der Waals surface area contributed by atoms with Gasteiger partial charge in [0, 0.05) is 30.8 Å². The molecule has 9 nitrogen and oxygen atoms in total. The number of rotatable bonds is 8. The Morgan fingerprint density at radius 2 is 1.84 bits per heavy atom. The normalized spacial score (nSPS) is 22.7. The molecule has 10 heteroatoms. The van der Waals surface area contributed by atoms with Gasteiger partial charge in [0.1, 0.15) is 6.10 Å². The van der Waals surface area contributed by atoms with E-state index in [1.165, 1.54) is 29.8 Å². The highest BCUT2D eigenvalue weighted by Crippen LogP contribution is 2.43. The van der Waals surface area contributed by atoms with Crippen LogP contribution in [0.3, 0.4) is 0 Å². The highest BCUT2D eigenvalue weighted by atomic mass is 28.4. The van der Waals surface area contributed by atoms with Gasteiger partial charge < -0.3 is 13.9 Å². The SMILES string of the molecule is CC(=O)O[C@H]1/C(=C\C#N)[C@H](n2ccc(=O)[nH]c2=O)O[C@@H]1CO[Si](C(C)C)(C(C)C)C(C)C. The predicted molar refractivity (Wildman–Crippen MR) is 121 cm³/mol. The molecule has 1 aromatic heterocycles. The van der Waals surface area contributed by atoms with Gasteiger partial charge in [0.2, 0.25) is 0 Å². The number of nitrogens with one attached hydrogen (secondary N) is 1. The van der Waals surface area contributed by atoms with Crippen LogP contribution in [0.2, 0.25) is 16.6 Å². The Labute approximate surface area is 189 Å². The molecule has 2 rings (SSSR count). The van der Waals surface area contributed by atoms with E-state index in [1.807, 2.05) is 6.07 Å². The first-order valence-corrected chi connectivity index (χ1v) is 13.0. The second-order valence-electron chi connectivity index (χ2n) is 8.98. The summed E-state index contributed by atoms with van der Waals surface area (Å²) in [5, 5.41) is 9.33. The Bertz CT molecular complexity index is 982. The number of H-pyrrole nitrogens is 1. The van der Waals surface area contributed by atoms with E-state index in [0.29, 0.717) is 22.2 Å². The molecule has 0 aliphatic carbocycles. The zero-order chi connectivity index (χ0) is 24.2. The van der Waals surface area contributed by atoms with Crippen molar-refractivity contribution >= 4 is 14.3 Å². The van der Waals surface area contributed by atoms with E-state index in [0.717, 1.165) is 0 Å². The van der Waals surface area contributed by atoms with Gasteiger partial charge in [-0.2, -0.15) is 5.26 Å². The van der Waals surface area contributed by atoms with E-state index in [4.69, 9.17) is 13.9 Å². The Balaban J connectivity index is 2.47. The lowest BCUT2D eigenvalue weighted by atomic mass is 10.1. The van der Waals surface area contributed by atoms with Crippen molar-refractivity contribution in [1.82, 2.24) is 9.55 Å². The third-order valence-electron chi connectivity index (χ3n) is 6.09. The maximum Gasteiger partial charge on any atom is 0.330 e. The molecule has 0 amide bonds. The van der Waals surface area contributed by atoms with Crippen LogP contribution >= 0.6 is 0 Å². The summed E-state index contributed by atoms with van der Waals surface area (Å²) in [6.45, 7) is 14.4. The largest absolute Gasteiger partial charge is 0.455 e. The lowest BCUT2D eigenvalue weighted by molar-refractivity contribution is -0.149. The van der Waals surface area contributed by atoms with E-state index in [-0.39, 0.29) is 6.61 Å². The smallest absolute Gasteiger partial charge is 0.330 e. The topological polar surface area (TPSA) is 123 Å². The molecule has 1 aliphatic heterocycles. The molecule has 0 radical (unpaired) electrons. The minimum absolute atomic E-state index is 0.149. The molecule has 3 atom stereocenters. The number of aromatic nitrogens is 2. The van der Waals surface area contributed by atoms with Crippen LogP contribution in [-0.2, 0) is 18.7 Å². The fourth-order valence-corrected chi connectivity index (χ4v) is 10.4. The van der Waals surface area contributed by atoms with Crippen molar-refractivity contribution in [3.63, 3.8) is 0 Å². The Kier molecular flexibility index (Phi) is 8.39. The molecular weight excluding hydrogens is 430 g/mol. The van der Waals surface area contributed by atoms with Gasteiger partial charge in [-0.3, -0.25) is 19.1 Å². The molecule has 1 aliphatic rings. The van der Waals surface area contributed by atoms with E-state index in [2.05, 4.69) is 46.5 Å². The second kappa shape index (κ2) is 10.4. The maximum absolute atomic E-state index is 12.4. The average Bonchev–Trinajstić information content (AvgIpc) is 2.98. The summed E-state index contributed by atoms with van der Waals surface area (Å²) in [6.07, 6.45) is -0.112. The Morgan fingerprint density at radius 3 is 2.31 bits per heavy atom. The summed E-state index contributed by atoms with van der Waals surface area (Å²) in [5.41, 5.74) is 0.0857. The molecule has 0 bridgehead atoms. The fraction of sp³-hybridized carbons (Fsp3) is 0.636. The van der Waals surface area contributed by atoms with Crippen LogP contribution in [0.25, 0.3) is 0 Å². The zero-order valence-electron chi connectivity index (χ0n) is 19.7. The van der Waals surface area contributed by atoms with Crippen LogP contribution in [0.15, 0.2) is 33.5 Å². The molecule has 2 heterocycles. The number of nitrogens with zero attached hydrogens (tertiary/aromatic N) is 2. The van der Waals surface area contributed by atoms with Gasteiger partial charge in [-0.25, -0.2) is 4.79 Å². The van der Waals surface area contributed by atoms with Crippen LogP contribution in [0.1, 0.15) is 54.7 Å². The minimum Gasteiger partial charge on any atom is -0.455 e. The quantitative estimate of drug-likeness (QED) is 0.357. The van der Waals surface area contributed by atoms with Crippen molar-refractivity contribution in [2.45, 2.75) is 83.5 Å². The number of hydrogen-bond acceptors (Lipinski definition) is 7. The summed E-state index contributed by atoms with van der Waals surface area (Å²) in [6, 6.07) is 3.13. The molecule has 0 unspecified atom stereocenters. The average molecular weight is 464 g/mol. The number of hydrogen-bond donors (Lipinski definition) is 1. The van der Waals surface area contributed by atoms with Crippen molar-refractivity contribution in [2.75, 3.05) is 6.61 Å². The fourth-order valence-electron chi connectivity index (χ4n) is 4.91. The molecule has 0 saturated carbocycles. The molecule has 1 saturated heterocycles. The van der Waals surface area contributed by atoms with Crippen molar-refractivity contribution in [1.29, 1.82) is 5.26 Å². The van der Waals surface area contributed by atoms with Gasteiger partial charge in [0.25, 0.3) is 5.56 Å².